The molecule has 7 heteroatoms. The molecule has 0 amide bonds. The summed E-state index contributed by atoms with van der Waals surface area (Å²) >= 11 is 2.95. The summed E-state index contributed by atoms with van der Waals surface area (Å²) in [5, 5.41) is 10.7. The van der Waals surface area contributed by atoms with E-state index in [1.165, 1.54) is 20.9 Å². The van der Waals surface area contributed by atoms with E-state index >= 15 is 0 Å². The SMILES string of the molecule is C[C@@H]1CCc2c(sc3nnn(CC(=O)c4cccs4)c(=O)c23)C1. The van der Waals surface area contributed by atoms with Crippen molar-refractivity contribution >= 4 is 38.7 Å². The molecule has 118 valence electrons. The predicted octanol–water partition coefficient (Wildman–Crippen LogP) is 2.92. The van der Waals surface area contributed by atoms with Gasteiger partial charge in [0.05, 0.1) is 10.3 Å². The van der Waals surface area contributed by atoms with Crippen LogP contribution in [-0.4, -0.2) is 20.8 Å². The molecule has 1 atom stereocenters. The zero-order valence-electron chi connectivity index (χ0n) is 12.6. The maximum Gasteiger partial charge on any atom is 0.279 e. The van der Waals surface area contributed by atoms with E-state index in [0.717, 1.165) is 24.8 Å². The van der Waals surface area contributed by atoms with Gasteiger partial charge >= 0.3 is 0 Å². The Balaban J connectivity index is 1.76. The van der Waals surface area contributed by atoms with Gasteiger partial charge in [-0.1, -0.05) is 18.2 Å². The zero-order chi connectivity index (χ0) is 16.0. The lowest BCUT2D eigenvalue weighted by atomic mass is 9.89. The predicted molar refractivity (Wildman–Crippen MR) is 91.5 cm³/mol. The number of fused-ring (bicyclic) bond motifs is 3. The maximum atomic E-state index is 12.8. The van der Waals surface area contributed by atoms with E-state index in [2.05, 4.69) is 17.2 Å². The van der Waals surface area contributed by atoms with Crippen LogP contribution >= 0.6 is 22.7 Å². The number of hydrogen-bond acceptors (Lipinski definition) is 6. The van der Waals surface area contributed by atoms with Gasteiger partial charge in [-0.2, -0.15) is 0 Å². The Bertz CT molecular complexity index is 940. The Morgan fingerprint density at radius 3 is 3.13 bits per heavy atom. The minimum absolute atomic E-state index is 0.0523. The smallest absolute Gasteiger partial charge is 0.279 e. The van der Waals surface area contributed by atoms with Crippen LogP contribution in [-0.2, 0) is 19.4 Å². The molecule has 0 aliphatic heterocycles. The Morgan fingerprint density at radius 2 is 2.35 bits per heavy atom. The molecule has 3 aromatic heterocycles. The fourth-order valence-corrected chi connectivity index (χ4v) is 5.02. The molecule has 0 spiro atoms. The van der Waals surface area contributed by atoms with Gasteiger partial charge in [-0.25, -0.2) is 4.68 Å². The van der Waals surface area contributed by atoms with Crippen molar-refractivity contribution in [1.82, 2.24) is 15.0 Å². The lowest BCUT2D eigenvalue weighted by Crippen LogP contribution is -2.28. The summed E-state index contributed by atoms with van der Waals surface area (Å²) in [5.41, 5.74) is 0.937. The molecule has 23 heavy (non-hydrogen) atoms. The van der Waals surface area contributed by atoms with Gasteiger partial charge in [-0.05, 0) is 42.2 Å². The third-order valence-corrected chi connectivity index (χ3v) is 6.32. The fourth-order valence-electron chi connectivity index (χ4n) is 3.05. The molecular weight excluding hydrogens is 330 g/mol. The number of ketones is 1. The zero-order valence-corrected chi connectivity index (χ0v) is 14.2. The summed E-state index contributed by atoms with van der Waals surface area (Å²) in [4.78, 5) is 27.6. The summed E-state index contributed by atoms with van der Waals surface area (Å²) in [7, 11) is 0. The fraction of sp³-hybridized carbons (Fsp3) is 0.375. The first-order chi connectivity index (χ1) is 11.1. The third kappa shape index (κ3) is 2.53. The van der Waals surface area contributed by atoms with Crippen molar-refractivity contribution < 1.29 is 4.79 Å². The average Bonchev–Trinajstić information content (AvgIpc) is 3.16. The van der Waals surface area contributed by atoms with Crippen molar-refractivity contribution in [2.45, 2.75) is 32.7 Å². The number of carbonyl (C=O) groups is 1. The van der Waals surface area contributed by atoms with Crippen LogP contribution < -0.4 is 5.56 Å². The van der Waals surface area contributed by atoms with Crippen molar-refractivity contribution in [3.8, 4) is 0 Å². The van der Waals surface area contributed by atoms with E-state index in [9.17, 15) is 9.59 Å². The van der Waals surface area contributed by atoms with Gasteiger partial charge < -0.3 is 0 Å². The Hall–Kier alpha value is -1.86. The number of aryl methyl sites for hydroxylation is 1. The van der Waals surface area contributed by atoms with Crippen LogP contribution in [0.5, 0.6) is 0 Å². The second-order valence-electron chi connectivity index (χ2n) is 5.98. The standard InChI is InChI=1S/C16H15N3O2S2/c1-9-4-5-10-13(7-9)23-15-14(10)16(21)19(18-17-15)8-11(20)12-3-2-6-22-12/h2-3,6,9H,4-5,7-8H2,1H3/t9-/m1/s1. The van der Waals surface area contributed by atoms with Gasteiger partial charge in [-0.15, -0.1) is 27.8 Å². The highest BCUT2D eigenvalue weighted by atomic mass is 32.1. The molecule has 0 saturated carbocycles. The lowest BCUT2D eigenvalue weighted by molar-refractivity contribution is 0.0968. The molecule has 0 fully saturated rings. The van der Waals surface area contributed by atoms with Crippen LogP contribution in [0.3, 0.4) is 0 Å². The third-order valence-electron chi connectivity index (χ3n) is 4.27. The van der Waals surface area contributed by atoms with Crippen molar-refractivity contribution in [3.05, 3.63) is 43.2 Å². The highest BCUT2D eigenvalue weighted by Crippen LogP contribution is 2.35. The van der Waals surface area contributed by atoms with Crippen LogP contribution in [0.4, 0.5) is 0 Å². The number of hydrogen-bond donors (Lipinski definition) is 0. The number of aromatic nitrogens is 3. The molecule has 1 aliphatic rings. The van der Waals surface area contributed by atoms with Crippen LogP contribution in [0.25, 0.3) is 10.2 Å². The highest BCUT2D eigenvalue weighted by molar-refractivity contribution is 7.18. The summed E-state index contributed by atoms with van der Waals surface area (Å²) in [6.07, 6.45) is 3.01. The maximum absolute atomic E-state index is 12.8. The van der Waals surface area contributed by atoms with Gasteiger partial charge in [0.1, 0.15) is 6.54 Å². The average molecular weight is 345 g/mol. The first-order valence-electron chi connectivity index (χ1n) is 7.58. The Labute approximate surface area is 140 Å². The van der Waals surface area contributed by atoms with Gasteiger partial charge in [-0.3, -0.25) is 9.59 Å². The van der Waals surface area contributed by atoms with E-state index in [1.807, 2.05) is 11.4 Å². The molecule has 0 saturated heterocycles. The molecule has 5 nitrogen and oxygen atoms in total. The molecule has 0 bridgehead atoms. The van der Waals surface area contributed by atoms with Gasteiger partial charge in [0.15, 0.2) is 10.6 Å². The molecule has 4 rings (SSSR count). The summed E-state index contributed by atoms with van der Waals surface area (Å²) in [5.74, 6) is 0.541. The summed E-state index contributed by atoms with van der Waals surface area (Å²) < 4.78 is 1.20. The van der Waals surface area contributed by atoms with Crippen molar-refractivity contribution in [2.75, 3.05) is 0 Å². The van der Waals surface area contributed by atoms with E-state index in [-0.39, 0.29) is 17.9 Å². The van der Waals surface area contributed by atoms with Crippen molar-refractivity contribution in [1.29, 1.82) is 0 Å². The number of nitrogens with zero attached hydrogens (tertiary/aromatic N) is 3. The minimum Gasteiger partial charge on any atom is -0.291 e. The quantitative estimate of drug-likeness (QED) is 0.685. The Kier molecular flexibility index (Phi) is 3.61. The minimum atomic E-state index is -0.188. The van der Waals surface area contributed by atoms with Crippen LogP contribution in [0, 0.1) is 5.92 Å². The van der Waals surface area contributed by atoms with Crippen LogP contribution in [0.2, 0.25) is 0 Å². The number of thiophene rings is 2. The molecule has 0 N–H and O–H groups in total. The summed E-state index contributed by atoms with van der Waals surface area (Å²) in [6, 6.07) is 3.59. The second-order valence-corrected chi connectivity index (χ2v) is 8.02. The summed E-state index contributed by atoms with van der Waals surface area (Å²) in [6.45, 7) is 2.18. The van der Waals surface area contributed by atoms with E-state index in [4.69, 9.17) is 0 Å². The molecule has 1 aliphatic carbocycles. The number of carbonyl (C=O) groups excluding carboxylic acids is 1. The van der Waals surface area contributed by atoms with Gasteiger partial charge in [0.2, 0.25) is 0 Å². The van der Waals surface area contributed by atoms with Gasteiger partial charge in [0, 0.05) is 4.88 Å². The van der Waals surface area contributed by atoms with E-state index in [0.29, 0.717) is 21.0 Å². The second kappa shape index (κ2) is 5.65. The molecule has 0 radical (unpaired) electrons. The molecular formula is C16H15N3O2S2. The van der Waals surface area contributed by atoms with Crippen LogP contribution in [0.1, 0.15) is 33.5 Å². The van der Waals surface area contributed by atoms with Crippen molar-refractivity contribution in [3.63, 3.8) is 0 Å². The topological polar surface area (TPSA) is 64.8 Å². The number of rotatable bonds is 3. The van der Waals surface area contributed by atoms with E-state index in [1.54, 1.807) is 17.4 Å². The van der Waals surface area contributed by atoms with E-state index < -0.39 is 0 Å². The normalized spacial score (nSPS) is 17.3. The molecule has 3 aromatic rings. The largest absolute Gasteiger partial charge is 0.291 e. The molecule has 0 unspecified atom stereocenters. The first kappa shape index (κ1) is 14.7. The lowest BCUT2D eigenvalue weighted by Gasteiger charge is -2.17. The first-order valence-corrected chi connectivity index (χ1v) is 9.28. The molecule has 0 aromatic carbocycles. The molecule has 3 heterocycles. The van der Waals surface area contributed by atoms with Crippen molar-refractivity contribution in [2.24, 2.45) is 5.92 Å². The number of Topliss-reactive ketones (excluding diaryl/α,β-unsaturated/α-hetero) is 1. The monoisotopic (exact) mass is 345 g/mol. The van der Waals surface area contributed by atoms with Crippen LogP contribution in [0.15, 0.2) is 22.3 Å². The van der Waals surface area contributed by atoms with Gasteiger partial charge in [0.25, 0.3) is 5.56 Å². The Morgan fingerprint density at radius 1 is 1.48 bits per heavy atom. The highest BCUT2D eigenvalue weighted by Gasteiger charge is 2.24.